The fourth-order valence-corrected chi connectivity index (χ4v) is 2.00. The summed E-state index contributed by atoms with van der Waals surface area (Å²) in [5.74, 6) is 5.04. The minimum Gasteiger partial charge on any atom is -0.395 e. The summed E-state index contributed by atoms with van der Waals surface area (Å²) in [5, 5.41) is 11.4. The van der Waals surface area contributed by atoms with Crippen molar-refractivity contribution in [1.82, 2.24) is 5.32 Å². The maximum absolute atomic E-state index is 13.9. The SMILES string of the molecule is CC(NC(=O)c1ccc(C#CCCO)cc1F)C1CC1. The van der Waals surface area contributed by atoms with Crippen LogP contribution in [0.2, 0.25) is 0 Å². The molecule has 1 aromatic carbocycles. The van der Waals surface area contributed by atoms with E-state index in [0.717, 1.165) is 12.8 Å². The van der Waals surface area contributed by atoms with Gasteiger partial charge >= 0.3 is 0 Å². The van der Waals surface area contributed by atoms with Gasteiger partial charge in [-0.2, -0.15) is 0 Å². The minimum absolute atomic E-state index is 0.0188. The van der Waals surface area contributed by atoms with E-state index < -0.39 is 5.82 Å². The first kappa shape index (κ1) is 14.5. The molecule has 0 aromatic heterocycles. The Hall–Kier alpha value is -1.86. The number of aliphatic hydroxyl groups excluding tert-OH is 1. The van der Waals surface area contributed by atoms with Gasteiger partial charge in [-0.15, -0.1) is 0 Å². The average molecular weight is 275 g/mol. The monoisotopic (exact) mass is 275 g/mol. The van der Waals surface area contributed by atoms with Crippen molar-refractivity contribution in [3.8, 4) is 11.8 Å². The van der Waals surface area contributed by atoms with Gasteiger partial charge < -0.3 is 10.4 Å². The predicted octanol–water partition coefficient (Wildman–Crippen LogP) is 2.09. The Morgan fingerprint density at radius 3 is 2.90 bits per heavy atom. The van der Waals surface area contributed by atoms with Crippen LogP contribution in [0.3, 0.4) is 0 Å². The molecule has 0 spiro atoms. The maximum Gasteiger partial charge on any atom is 0.254 e. The Labute approximate surface area is 118 Å². The second-order valence-electron chi connectivity index (χ2n) is 5.07. The molecule has 1 aliphatic carbocycles. The van der Waals surface area contributed by atoms with Crippen LogP contribution in [0.5, 0.6) is 0 Å². The van der Waals surface area contributed by atoms with E-state index in [-0.39, 0.29) is 24.1 Å². The van der Waals surface area contributed by atoms with Crippen molar-refractivity contribution in [3.63, 3.8) is 0 Å². The molecule has 1 amide bonds. The van der Waals surface area contributed by atoms with Crippen molar-refractivity contribution in [2.24, 2.45) is 5.92 Å². The molecule has 0 heterocycles. The van der Waals surface area contributed by atoms with E-state index in [2.05, 4.69) is 17.2 Å². The summed E-state index contributed by atoms with van der Waals surface area (Å²) in [6.45, 7) is 1.93. The number of benzene rings is 1. The largest absolute Gasteiger partial charge is 0.395 e. The molecule has 3 nitrogen and oxygen atoms in total. The lowest BCUT2D eigenvalue weighted by molar-refractivity contribution is 0.0932. The van der Waals surface area contributed by atoms with Gasteiger partial charge in [-0.25, -0.2) is 4.39 Å². The fourth-order valence-electron chi connectivity index (χ4n) is 2.00. The van der Waals surface area contributed by atoms with E-state index >= 15 is 0 Å². The number of halogens is 1. The van der Waals surface area contributed by atoms with Gasteiger partial charge in [0.25, 0.3) is 5.91 Å². The van der Waals surface area contributed by atoms with E-state index in [1.807, 2.05) is 6.92 Å². The zero-order valence-corrected chi connectivity index (χ0v) is 11.4. The van der Waals surface area contributed by atoms with Gasteiger partial charge in [0.2, 0.25) is 0 Å². The Morgan fingerprint density at radius 1 is 1.55 bits per heavy atom. The molecule has 4 heteroatoms. The van der Waals surface area contributed by atoms with Crippen LogP contribution < -0.4 is 5.32 Å². The highest BCUT2D eigenvalue weighted by molar-refractivity contribution is 5.94. The Morgan fingerprint density at radius 2 is 2.30 bits per heavy atom. The predicted molar refractivity (Wildman–Crippen MR) is 74.6 cm³/mol. The van der Waals surface area contributed by atoms with E-state index in [4.69, 9.17) is 5.11 Å². The highest BCUT2D eigenvalue weighted by Crippen LogP contribution is 2.32. The van der Waals surface area contributed by atoms with Gasteiger partial charge in [-0.1, -0.05) is 11.8 Å². The Kier molecular flexibility index (Phi) is 4.75. The molecule has 0 saturated heterocycles. The molecule has 0 bridgehead atoms. The van der Waals surface area contributed by atoms with Crippen LogP contribution in [0.15, 0.2) is 18.2 Å². The molecule has 1 fully saturated rings. The molecule has 1 unspecified atom stereocenters. The lowest BCUT2D eigenvalue weighted by Gasteiger charge is -2.13. The number of carbonyl (C=O) groups is 1. The molecule has 1 atom stereocenters. The maximum atomic E-state index is 13.9. The Balaban J connectivity index is 2.05. The van der Waals surface area contributed by atoms with Gasteiger partial charge in [0.1, 0.15) is 5.82 Å². The minimum atomic E-state index is -0.568. The molecule has 0 aliphatic heterocycles. The molecule has 2 rings (SSSR count). The van der Waals surface area contributed by atoms with Crippen molar-refractivity contribution in [2.75, 3.05) is 6.61 Å². The number of hydrogen-bond donors (Lipinski definition) is 2. The topological polar surface area (TPSA) is 49.3 Å². The smallest absolute Gasteiger partial charge is 0.254 e. The summed E-state index contributed by atoms with van der Waals surface area (Å²) in [6.07, 6.45) is 2.61. The second kappa shape index (κ2) is 6.53. The number of carbonyl (C=O) groups excluding carboxylic acids is 1. The number of rotatable bonds is 4. The van der Waals surface area contributed by atoms with Crippen LogP contribution in [0, 0.1) is 23.6 Å². The van der Waals surface area contributed by atoms with E-state index in [9.17, 15) is 9.18 Å². The molecular formula is C16H18FNO2. The zero-order valence-electron chi connectivity index (χ0n) is 11.4. The summed E-state index contributed by atoms with van der Waals surface area (Å²) >= 11 is 0. The molecular weight excluding hydrogens is 257 g/mol. The molecule has 2 N–H and O–H groups in total. The Bertz CT molecular complexity index is 555. The van der Waals surface area contributed by atoms with Crippen molar-refractivity contribution < 1.29 is 14.3 Å². The van der Waals surface area contributed by atoms with Gasteiger partial charge in [-0.3, -0.25) is 4.79 Å². The zero-order chi connectivity index (χ0) is 14.5. The summed E-state index contributed by atoms with van der Waals surface area (Å²) in [4.78, 5) is 12.0. The number of aliphatic hydroxyl groups is 1. The quantitative estimate of drug-likeness (QED) is 0.827. The van der Waals surface area contributed by atoms with Crippen molar-refractivity contribution >= 4 is 5.91 Å². The van der Waals surface area contributed by atoms with Crippen LogP contribution in [0.1, 0.15) is 42.1 Å². The summed E-state index contributed by atoms with van der Waals surface area (Å²) in [6, 6.07) is 4.41. The lowest BCUT2D eigenvalue weighted by Crippen LogP contribution is -2.34. The van der Waals surface area contributed by atoms with Crippen LogP contribution in [-0.4, -0.2) is 23.7 Å². The van der Waals surface area contributed by atoms with Gasteiger partial charge in [0.05, 0.1) is 12.2 Å². The lowest BCUT2D eigenvalue weighted by atomic mass is 10.1. The molecule has 1 aromatic rings. The summed E-state index contributed by atoms with van der Waals surface area (Å²) in [7, 11) is 0. The van der Waals surface area contributed by atoms with Crippen LogP contribution >= 0.6 is 0 Å². The molecule has 20 heavy (non-hydrogen) atoms. The highest BCUT2D eigenvalue weighted by atomic mass is 19.1. The van der Waals surface area contributed by atoms with E-state index in [0.29, 0.717) is 17.9 Å². The third kappa shape index (κ3) is 3.82. The first-order valence-electron chi connectivity index (χ1n) is 6.82. The molecule has 1 saturated carbocycles. The summed E-state index contributed by atoms with van der Waals surface area (Å²) in [5.41, 5.74) is 0.549. The first-order chi connectivity index (χ1) is 9.61. The summed E-state index contributed by atoms with van der Waals surface area (Å²) < 4.78 is 13.9. The highest BCUT2D eigenvalue weighted by Gasteiger charge is 2.29. The molecule has 0 radical (unpaired) electrons. The van der Waals surface area contributed by atoms with Crippen molar-refractivity contribution in [3.05, 3.63) is 35.1 Å². The van der Waals surface area contributed by atoms with E-state index in [1.165, 1.54) is 12.1 Å². The first-order valence-corrected chi connectivity index (χ1v) is 6.82. The van der Waals surface area contributed by atoms with Gasteiger partial charge in [-0.05, 0) is 43.9 Å². The van der Waals surface area contributed by atoms with Crippen LogP contribution in [0.25, 0.3) is 0 Å². The fraction of sp³-hybridized carbons (Fsp3) is 0.438. The normalized spacial score (nSPS) is 15.2. The number of hydrogen-bond acceptors (Lipinski definition) is 2. The van der Waals surface area contributed by atoms with Crippen LogP contribution in [0.4, 0.5) is 4.39 Å². The number of nitrogens with one attached hydrogen (secondary N) is 1. The third-order valence-corrected chi connectivity index (χ3v) is 3.37. The number of amides is 1. The molecule has 1 aliphatic rings. The van der Waals surface area contributed by atoms with Crippen LogP contribution in [-0.2, 0) is 0 Å². The van der Waals surface area contributed by atoms with Gasteiger partial charge in [0.15, 0.2) is 0 Å². The van der Waals surface area contributed by atoms with Gasteiger partial charge in [0, 0.05) is 18.0 Å². The van der Waals surface area contributed by atoms with Crippen molar-refractivity contribution in [2.45, 2.75) is 32.2 Å². The standard InChI is InChI=1S/C16H18FNO2/c1-11(13-6-7-13)18-16(20)14-8-5-12(10-15(14)17)4-2-3-9-19/h5,8,10-11,13,19H,3,6-7,9H2,1H3,(H,18,20). The third-order valence-electron chi connectivity index (χ3n) is 3.37. The molecule has 106 valence electrons. The second-order valence-corrected chi connectivity index (χ2v) is 5.07. The van der Waals surface area contributed by atoms with E-state index in [1.54, 1.807) is 6.07 Å². The average Bonchev–Trinajstić information content (AvgIpc) is 3.23. The van der Waals surface area contributed by atoms with Crippen molar-refractivity contribution in [1.29, 1.82) is 0 Å².